The van der Waals surface area contributed by atoms with Gasteiger partial charge in [-0.3, -0.25) is 0 Å². The molecule has 2 rings (SSSR count). The number of amides is 2. The molecule has 92 valence electrons. The van der Waals surface area contributed by atoms with Crippen molar-refractivity contribution in [3.63, 3.8) is 0 Å². The van der Waals surface area contributed by atoms with E-state index in [-0.39, 0.29) is 17.6 Å². The average molecular weight is 227 g/mol. The van der Waals surface area contributed by atoms with Gasteiger partial charge in [0, 0.05) is 13.2 Å². The molecule has 16 heavy (non-hydrogen) atoms. The SMILES string of the molecule is CC(CN)(NC(=O)NC1CCOC1)C1CC1. The van der Waals surface area contributed by atoms with Gasteiger partial charge in [-0.05, 0) is 32.1 Å². The lowest BCUT2D eigenvalue weighted by Gasteiger charge is -2.30. The maximum absolute atomic E-state index is 11.8. The van der Waals surface area contributed by atoms with Crippen molar-refractivity contribution in [3.8, 4) is 0 Å². The molecule has 5 heteroatoms. The van der Waals surface area contributed by atoms with Gasteiger partial charge in [-0.2, -0.15) is 0 Å². The van der Waals surface area contributed by atoms with E-state index in [0.717, 1.165) is 13.0 Å². The molecule has 1 saturated carbocycles. The molecule has 0 aromatic rings. The van der Waals surface area contributed by atoms with Crippen molar-refractivity contribution in [2.24, 2.45) is 11.7 Å². The van der Waals surface area contributed by atoms with Crippen LogP contribution in [0.5, 0.6) is 0 Å². The van der Waals surface area contributed by atoms with Crippen molar-refractivity contribution in [2.45, 2.75) is 37.8 Å². The zero-order valence-corrected chi connectivity index (χ0v) is 9.79. The summed E-state index contributed by atoms with van der Waals surface area (Å²) in [6.07, 6.45) is 3.23. The minimum atomic E-state index is -0.246. The summed E-state index contributed by atoms with van der Waals surface area (Å²) in [5.41, 5.74) is 5.49. The molecule has 1 saturated heterocycles. The summed E-state index contributed by atoms with van der Waals surface area (Å²) in [5, 5.41) is 5.92. The quantitative estimate of drug-likeness (QED) is 0.642. The number of nitrogens with two attached hydrogens (primary N) is 1. The molecule has 1 aliphatic carbocycles. The highest BCUT2D eigenvalue weighted by Crippen LogP contribution is 2.38. The number of carbonyl (C=O) groups is 1. The monoisotopic (exact) mass is 227 g/mol. The summed E-state index contributed by atoms with van der Waals surface area (Å²) in [4.78, 5) is 11.8. The van der Waals surface area contributed by atoms with Crippen LogP contribution in [-0.4, -0.2) is 37.4 Å². The third-order valence-electron chi connectivity index (χ3n) is 3.57. The van der Waals surface area contributed by atoms with Crippen LogP contribution in [0.3, 0.4) is 0 Å². The summed E-state index contributed by atoms with van der Waals surface area (Å²) in [7, 11) is 0. The van der Waals surface area contributed by atoms with Gasteiger partial charge in [0.1, 0.15) is 0 Å². The first kappa shape index (κ1) is 11.7. The summed E-state index contributed by atoms with van der Waals surface area (Å²) in [5.74, 6) is 0.545. The predicted molar refractivity (Wildman–Crippen MR) is 61.1 cm³/mol. The molecular formula is C11H21N3O2. The molecule has 0 spiro atoms. The van der Waals surface area contributed by atoms with Crippen molar-refractivity contribution in [1.82, 2.24) is 10.6 Å². The number of hydrogen-bond acceptors (Lipinski definition) is 3. The first-order chi connectivity index (χ1) is 7.64. The molecule has 0 radical (unpaired) electrons. The Labute approximate surface area is 96.1 Å². The molecule has 1 heterocycles. The van der Waals surface area contributed by atoms with E-state index < -0.39 is 0 Å². The van der Waals surface area contributed by atoms with Gasteiger partial charge in [0.05, 0.1) is 18.2 Å². The highest BCUT2D eigenvalue weighted by molar-refractivity contribution is 5.75. The Bertz CT molecular complexity index is 262. The van der Waals surface area contributed by atoms with E-state index in [4.69, 9.17) is 10.5 Å². The number of carbonyl (C=O) groups excluding carboxylic acids is 1. The average Bonchev–Trinajstić information content (AvgIpc) is 3.00. The van der Waals surface area contributed by atoms with Crippen molar-refractivity contribution in [2.75, 3.05) is 19.8 Å². The molecule has 0 aromatic heterocycles. The topological polar surface area (TPSA) is 76.4 Å². The van der Waals surface area contributed by atoms with Gasteiger partial charge in [-0.1, -0.05) is 0 Å². The van der Waals surface area contributed by atoms with E-state index in [9.17, 15) is 4.79 Å². The molecule has 2 fully saturated rings. The number of nitrogens with one attached hydrogen (secondary N) is 2. The zero-order chi connectivity index (χ0) is 11.6. The molecule has 0 bridgehead atoms. The van der Waals surface area contributed by atoms with Crippen LogP contribution in [-0.2, 0) is 4.74 Å². The third-order valence-corrected chi connectivity index (χ3v) is 3.57. The Balaban J connectivity index is 1.80. The van der Waals surface area contributed by atoms with E-state index in [1.165, 1.54) is 12.8 Å². The molecule has 0 aromatic carbocycles. The van der Waals surface area contributed by atoms with Gasteiger partial charge in [0.2, 0.25) is 0 Å². The Morgan fingerprint density at radius 1 is 1.50 bits per heavy atom. The van der Waals surface area contributed by atoms with Crippen LogP contribution in [0.1, 0.15) is 26.2 Å². The fraction of sp³-hybridized carbons (Fsp3) is 0.909. The maximum Gasteiger partial charge on any atom is 0.315 e. The highest BCUT2D eigenvalue weighted by atomic mass is 16.5. The van der Waals surface area contributed by atoms with E-state index in [2.05, 4.69) is 10.6 Å². The Morgan fingerprint density at radius 2 is 2.25 bits per heavy atom. The molecule has 4 N–H and O–H groups in total. The fourth-order valence-electron chi connectivity index (χ4n) is 2.17. The van der Waals surface area contributed by atoms with Crippen LogP contribution in [0.2, 0.25) is 0 Å². The second-order valence-corrected chi connectivity index (χ2v) is 5.05. The minimum Gasteiger partial charge on any atom is -0.379 e. The lowest BCUT2D eigenvalue weighted by Crippen LogP contribution is -2.57. The molecule has 2 amide bonds. The van der Waals surface area contributed by atoms with Crippen molar-refractivity contribution in [3.05, 3.63) is 0 Å². The van der Waals surface area contributed by atoms with E-state index in [0.29, 0.717) is 19.1 Å². The minimum absolute atomic E-state index is 0.115. The van der Waals surface area contributed by atoms with Crippen LogP contribution >= 0.6 is 0 Å². The van der Waals surface area contributed by atoms with Crippen LogP contribution in [0.25, 0.3) is 0 Å². The largest absolute Gasteiger partial charge is 0.379 e. The van der Waals surface area contributed by atoms with Gasteiger partial charge < -0.3 is 21.1 Å². The summed E-state index contributed by atoms with van der Waals surface area (Å²) in [6.45, 7) is 3.87. The third kappa shape index (κ3) is 2.65. The number of ether oxygens (including phenoxy) is 1. The Kier molecular flexibility index (Phi) is 3.35. The molecule has 2 aliphatic rings. The van der Waals surface area contributed by atoms with Crippen molar-refractivity contribution >= 4 is 6.03 Å². The van der Waals surface area contributed by atoms with E-state index >= 15 is 0 Å². The number of rotatable bonds is 4. The normalized spacial score (nSPS) is 28.5. The second-order valence-electron chi connectivity index (χ2n) is 5.05. The Morgan fingerprint density at radius 3 is 2.75 bits per heavy atom. The van der Waals surface area contributed by atoms with Crippen LogP contribution in [0, 0.1) is 5.92 Å². The van der Waals surface area contributed by atoms with Crippen molar-refractivity contribution < 1.29 is 9.53 Å². The first-order valence-corrected chi connectivity index (χ1v) is 6.00. The highest BCUT2D eigenvalue weighted by Gasteiger charge is 2.41. The molecular weight excluding hydrogens is 206 g/mol. The predicted octanol–water partition coefficient (Wildman–Crippen LogP) is 0.202. The summed E-state index contributed by atoms with van der Waals surface area (Å²) < 4.78 is 5.21. The van der Waals surface area contributed by atoms with Crippen LogP contribution in [0.15, 0.2) is 0 Å². The standard InChI is InChI=1S/C11H21N3O2/c1-11(7-12,8-2-3-8)14-10(15)13-9-4-5-16-6-9/h8-9H,2-7,12H2,1H3,(H2,13,14,15). The molecule has 2 atom stereocenters. The van der Waals surface area contributed by atoms with Gasteiger partial charge in [0.25, 0.3) is 0 Å². The lowest BCUT2D eigenvalue weighted by atomic mass is 9.96. The molecule has 1 aliphatic heterocycles. The molecule has 5 nitrogen and oxygen atoms in total. The van der Waals surface area contributed by atoms with Crippen molar-refractivity contribution in [1.29, 1.82) is 0 Å². The molecule has 2 unspecified atom stereocenters. The second kappa shape index (κ2) is 4.59. The summed E-state index contributed by atoms with van der Waals surface area (Å²) >= 11 is 0. The van der Waals surface area contributed by atoms with Crippen LogP contribution in [0.4, 0.5) is 4.79 Å². The van der Waals surface area contributed by atoms with Gasteiger partial charge in [0.15, 0.2) is 0 Å². The number of urea groups is 1. The first-order valence-electron chi connectivity index (χ1n) is 6.00. The van der Waals surface area contributed by atoms with E-state index in [1.807, 2.05) is 6.92 Å². The zero-order valence-electron chi connectivity index (χ0n) is 9.79. The lowest BCUT2D eigenvalue weighted by molar-refractivity contribution is 0.186. The van der Waals surface area contributed by atoms with Gasteiger partial charge in [-0.15, -0.1) is 0 Å². The van der Waals surface area contributed by atoms with Crippen LogP contribution < -0.4 is 16.4 Å². The van der Waals surface area contributed by atoms with Gasteiger partial charge >= 0.3 is 6.03 Å². The summed E-state index contributed by atoms with van der Waals surface area (Å²) in [6, 6.07) is 0.0385. The Hall–Kier alpha value is -0.810. The van der Waals surface area contributed by atoms with Gasteiger partial charge in [-0.25, -0.2) is 4.79 Å². The smallest absolute Gasteiger partial charge is 0.315 e. The number of hydrogen-bond donors (Lipinski definition) is 3. The maximum atomic E-state index is 11.8. The van der Waals surface area contributed by atoms with E-state index in [1.54, 1.807) is 0 Å². The fourth-order valence-corrected chi connectivity index (χ4v) is 2.17.